The summed E-state index contributed by atoms with van der Waals surface area (Å²) in [6, 6.07) is 6.30. The van der Waals surface area contributed by atoms with E-state index in [1.165, 1.54) is 17.2 Å². The maximum atomic E-state index is 10.8. The Kier molecular flexibility index (Phi) is 2.76. The highest BCUT2D eigenvalue weighted by atomic mass is 16.1. The highest BCUT2D eigenvalue weighted by Crippen LogP contribution is 2.26. The molecule has 0 aliphatic carbocycles. The summed E-state index contributed by atoms with van der Waals surface area (Å²) >= 11 is 0. The van der Waals surface area contributed by atoms with Gasteiger partial charge in [-0.3, -0.25) is 4.79 Å². The average Bonchev–Trinajstić information content (AvgIpc) is 2.50. The first-order valence-corrected chi connectivity index (χ1v) is 5.54. The van der Waals surface area contributed by atoms with Crippen LogP contribution in [0.15, 0.2) is 24.3 Å². The third kappa shape index (κ3) is 1.96. The number of hydrogen-bond donors (Lipinski definition) is 1. The van der Waals surface area contributed by atoms with E-state index in [2.05, 4.69) is 29.7 Å². The molecule has 0 fully saturated rings. The Morgan fingerprint density at radius 3 is 2.71 bits per heavy atom. The number of aromatic nitrogens is 1. The number of nitrogens with zero attached hydrogens (tertiary/aromatic N) is 1. The van der Waals surface area contributed by atoms with E-state index in [0.29, 0.717) is 0 Å². The van der Waals surface area contributed by atoms with Crippen LogP contribution in [0.4, 0.5) is 0 Å². The summed E-state index contributed by atoms with van der Waals surface area (Å²) < 4.78 is 2.13. The largest absolute Gasteiger partial charge is 0.366 e. The average molecular weight is 228 g/mol. The van der Waals surface area contributed by atoms with Gasteiger partial charge in [0.15, 0.2) is 0 Å². The lowest BCUT2D eigenvalue weighted by molar-refractivity contribution is -0.113. The van der Waals surface area contributed by atoms with Crippen LogP contribution in [0.2, 0.25) is 0 Å². The van der Waals surface area contributed by atoms with Gasteiger partial charge in [-0.25, -0.2) is 0 Å². The molecule has 0 saturated carbocycles. The lowest BCUT2D eigenvalue weighted by Crippen LogP contribution is -2.05. The van der Waals surface area contributed by atoms with E-state index in [1.54, 1.807) is 6.08 Å². The van der Waals surface area contributed by atoms with Gasteiger partial charge < -0.3 is 10.3 Å². The van der Waals surface area contributed by atoms with E-state index in [9.17, 15) is 4.79 Å². The molecule has 0 spiro atoms. The van der Waals surface area contributed by atoms with Crippen molar-refractivity contribution in [3.8, 4) is 0 Å². The van der Waals surface area contributed by atoms with Crippen LogP contribution in [0.5, 0.6) is 0 Å². The van der Waals surface area contributed by atoms with Crippen molar-refractivity contribution in [1.29, 1.82) is 0 Å². The van der Waals surface area contributed by atoms with E-state index >= 15 is 0 Å². The molecule has 3 heteroatoms. The third-order valence-electron chi connectivity index (χ3n) is 3.11. The van der Waals surface area contributed by atoms with Crippen LogP contribution in [0, 0.1) is 13.8 Å². The summed E-state index contributed by atoms with van der Waals surface area (Å²) in [7, 11) is 2.03. The maximum absolute atomic E-state index is 10.8. The van der Waals surface area contributed by atoms with Crippen LogP contribution < -0.4 is 5.73 Å². The van der Waals surface area contributed by atoms with Gasteiger partial charge in [0.1, 0.15) is 0 Å². The molecule has 2 N–H and O–H groups in total. The molecule has 0 radical (unpaired) electrons. The molecular weight excluding hydrogens is 212 g/mol. The van der Waals surface area contributed by atoms with Crippen molar-refractivity contribution in [3.63, 3.8) is 0 Å². The number of carbonyl (C=O) groups is 1. The van der Waals surface area contributed by atoms with Crippen LogP contribution in [-0.4, -0.2) is 10.5 Å². The monoisotopic (exact) mass is 228 g/mol. The first-order valence-electron chi connectivity index (χ1n) is 5.54. The summed E-state index contributed by atoms with van der Waals surface area (Å²) in [5.74, 6) is -0.423. The molecule has 1 aromatic heterocycles. The molecule has 0 saturated heterocycles. The van der Waals surface area contributed by atoms with Crippen LogP contribution in [0.3, 0.4) is 0 Å². The van der Waals surface area contributed by atoms with E-state index in [-0.39, 0.29) is 0 Å². The van der Waals surface area contributed by atoms with Gasteiger partial charge in [-0.15, -0.1) is 0 Å². The van der Waals surface area contributed by atoms with E-state index in [0.717, 1.165) is 16.6 Å². The predicted molar refractivity (Wildman–Crippen MR) is 70.6 cm³/mol. The smallest absolute Gasteiger partial charge is 0.241 e. The lowest BCUT2D eigenvalue weighted by atomic mass is 10.1. The highest BCUT2D eigenvalue weighted by Gasteiger charge is 2.09. The molecule has 2 rings (SSSR count). The first-order chi connectivity index (χ1) is 8.00. The van der Waals surface area contributed by atoms with Crippen molar-refractivity contribution in [1.82, 2.24) is 4.57 Å². The van der Waals surface area contributed by atoms with E-state index in [1.807, 2.05) is 14.0 Å². The van der Waals surface area contributed by atoms with E-state index < -0.39 is 5.91 Å². The molecule has 1 aromatic carbocycles. The zero-order valence-corrected chi connectivity index (χ0v) is 10.3. The number of rotatable bonds is 2. The Morgan fingerprint density at radius 2 is 2.06 bits per heavy atom. The molecule has 3 nitrogen and oxygen atoms in total. The van der Waals surface area contributed by atoms with Crippen molar-refractivity contribution in [3.05, 3.63) is 41.1 Å². The standard InChI is InChI=1S/C14H16N2O/c1-9-4-5-12-11(6-7-14(15)17)10(2)16(3)13(12)8-9/h4-8H,1-3H3,(H2,15,17)/b7-6+. The van der Waals surface area contributed by atoms with Crippen molar-refractivity contribution >= 4 is 22.9 Å². The number of carbonyl (C=O) groups excluding carboxylic acids is 1. The number of primary amides is 1. The molecule has 0 aliphatic rings. The van der Waals surface area contributed by atoms with Gasteiger partial charge in [0.05, 0.1) is 0 Å². The third-order valence-corrected chi connectivity index (χ3v) is 3.11. The topological polar surface area (TPSA) is 48.0 Å². The summed E-state index contributed by atoms with van der Waals surface area (Å²) in [6.45, 7) is 4.11. The van der Waals surface area contributed by atoms with Crippen molar-refractivity contribution in [2.24, 2.45) is 12.8 Å². The van der Waals surface area contributed by atoms with Crippen LogP contribution in [0.1, 0.15) is 16.8 Å². The molecule has 0 unspecified atom stereocenters. The first kappa shape index (κ1) is 11.5. The zero-order chi connectivity index (χ0) is 12.6. The van der Waals surface area contributed by atoms with Gasteiger partial charge in [-0.1, -0.05) is 12.1 Å². The van der Waals surface area contributed by atoms with Crippen molar-refractivity contribution < 1.29 is 4.79 Å². The zero-order valence-electron chi connectivity index (χ0n) is 10.3. The number of hydrogen-bond acceptors (Lipinski definition) is 1. The van der Waals surface area contributed by atoms with Crippen LogP contribution in [-0.2, 0) is 11.8 Å². The molecule has 17 heavy (non-hydrogen) atoms. The minimum absolute atomic E-state index is 0.423. The van der Waals surface area contributed by atoms with Crippen molar-refractivity contribution in [2.45, 2.75) is 13.8 Å². The summed E-state index contributed by atoms with van der Waals surface area (Å²) in [5, 5.41) is 1.15. The Balaban J connectivity index is 2.71. The Labute approximate surface area is 101 Å². The fourth-order valence-electron chi connectivity index (χ4n) is 2.08. The number of nitrogens with two attached hydrogens (primary N) is 1. The minimum atomic E-state index is -0.423. The van der Waals surface area contributed by atoms with E-state index in [4.69, 9.17) is 5.73 Å². The van der Waals surface area contributed by atoms with Gasteiger partial charge >= 0.3 is 0 Å². The second-order valence-corrected chi connectivity index (χ2v) is 4.31. The number of aryl methyl sites for hydroxylation is 2. The maximum Gasteiger partial charge on any atom is 0.241 e. The summed E-state index contributed by atoms with van der Waals surface area (Å²) in [6.07, 6.45) is 3.19. The number of benzene rings is 1. The van der Waals surface area contributed by atoms with Gasteiger partial charge in [-0.05, 0) is 31.6 Å². The Morgan fingerprint density at radius 1 is 1.35 bits per heavy atom. The minimum Gasteiger partial charge on any atom is -0.366 e. The van der Waals surface area contributed by atoms with Gasteiger partial charge in [0.2, 0.25) is 5.91 Å². The van der Waals surface area contributed by atoms with Crippen LogP contribution >= 0.6 is 0 Å². The molecule has 2 aromatic rings. The fraction of sp³-hybridized carbons (Fsp3) is 0.214. The molecule has 1 amide bonds. The van der Waals surface area contributed by atoms with Gasteiger partial charge in [-0.2, -0.15) is 0 Å². The molecular formula is C14H16N2O. The fourth-order valence-corrected chi connectivity index (χ4v) is 2.08. The lowest BCUT2D eigenvalue weighted by Gasteiger charge is -1.98. The van der Waals surface area contributed by atoms with Gasteiger partial charge in [0.25, 0.3) is 0 Å². The second-order valence-electron chi connectivity index (χ2n) is 4.31. The SMILES string of the molecule is Cc1ccc2c(/C=C/C(N)=O)c(C)n(C)c2c1. The molecule has 0 atom stereocenters. The Bertz CT molecular complexity index is 621. The molecule has 0 aliphatic heterocycles. The molecule has 88 valence electrons. The summed E-state index contributed by atoms with van der Waals surface area (Å²) in [5.41, 5.74) is 9.72. The quantitative estimate of drug-likeness (QED) is 0.788. The van der Waals surface area contributed by atoms with Crippen LogP contribution in [0.25, 0.3) is 17.0 Å². The van der Waals surface area contributed by atoms with Gasteiger partial charge in [0, 0.05) is 35.3 Å². The Hall–Kier alpha value is -2.03. The number of fused-ring (bicyclic) bond motifs is 1. The predicted octanol–water partition coefficient (Wildman–Crippen LogP) is 2.29. The molecule has 0 bridgehead atoms. The van der Waals surface area contributed by atoms with Crippen molar-refractivity contribution in [2.75, 3.05) is 0 Å². The normalized spacial score (nSPS) is 11.5. The highest BCUT2D eigenvalue weighted by molar-refractivity contribution is 5.96. The number of amides is 1. The second kappa shape index (κ2) is 4.09. The summed E-state index contributed by atoms with van der Waals surface area (Å²) in [4.78, 5) is 10.8. The molecule has 1 heterocycles.